The zero-order valence-electron chi connectivity index (χ0n) is 10.5. The van der Waals surface area contributed by atoms with Crippen molar-refractivity contribution >= 4 is 5.82 Å². The van der Waals surface area contributed by atoms with E-state index in [-0.39, 0.29) is 0 Å². The predicted octanol–water partition coefficient (Wildman–Crippen LogP) is 2.49. The minimum atomic E-state index is 0.801. The molecule has 2 rings (SSSR count). The number of nitrogens with two attached hydrogens (primary N) is 1. The first-order valence-electron chi connectivity index (χ1n) is 6.00. The van der Waals surface area contributed by atoms with Crippen LogP contribution in [0.15, 0.2) is 30.3 Å². The largest absolute Gasteiger partial charge is 0.384 e. The number of hydrogen-bond acceptors (Lipinski definition) is 2. The van der Waals surface area contributed by atoms with Crippen molar-refractivity contribution in [2.45, 2.75) is 26.2 Å². The van der Waals surface area contributed by atoms with Crippen LogP contribution in [0, 0.1) is 6.92 Å². The van der Waals surface area contributed by atoms with Crippen LogP contribution in [0.4, 0.5) is 5.82 Å². The summed E-state index contributed by atoms with van der Waals surface area (Å²) in [6.45, 7) is 2.02. The van der Waals surface area contributed by atoms with Gasteiger partial charge < -0.3 is 5.73 Å². The van der Waals surface area contributed by atoms with E-state index >= 15 is 0 Å². The van der Waals surface area contributed by atoms with Crippen LogP contribution < -0.4 is 5.73 Å². The molecule has 0 bridgehead atoms. The lowest BCUT2D eigenvalue weighted by Crippen LogP contribution is -2.00. The van der Waals surface area contributed by atoms with Gasteiger partial charge in [-0.05, 0) is 31.7 Å². The summed E-state index contributed by atoms with van der Waals surface area (Å²) >= 11 is 0. The SMILES string of the molecule is Cc1nn(C)c(N)c1CCCc1ccccc1. The zero-order chi connectivity index (χ0) is 12.3. The maximum absolute atomic E-state index is 5.98. The van der Waals surface area contributed by atoms with E-state index in [1.54, 1.807) is 4.68 Å². The van der Waals surface area contributed by atoms with Gasteiger partial charge in [0.15, 0.2) is 0 Å². The predicted molar refractivity (Wildman–Crippen MR) is 70.8 cm³/mol. The van der Waals surface area contributed by atoms with E-state index in [9.17, 15) is 0 Å². The average molecular weight is 229 g/mol. The van der Waals surface area contributed by atoms with Crippen LogP contribution in [0.2, 0.25) is 0 Å². The van der Waals surface area contributed by atoms with Crippen LogP contribution in [-0.4, -0.2) is 9.78 Å². The van der Waals surface area contributed by atoms with Crippen molar-refractivity contribution in [3.63, 3.8) is 0 Å². The molecule has 0 fully saturated rings. The van der Waals surface area contributed by atoms with Crippen molar-refractivity contribution in [1.82, 2.24) is 9.78 Å². The molecule has 2 aromatic rings. The lowest BCUT2D eigenvalue weighted by molar-refractivity contribution is 0.767. The molecule has 0 amide bonds. The number of nitrogen functional groups attached to an aromatic ring is 1. The number of anilines is 1. The molecule has 0 aliphatic rings. The molecule has 1 aromatic heterocycles. The number of nitrogens with zero attached hydrogens (tertiary/aromatic N) is 2. The van der Waals surface area contributed by atoms with Crippen molar-refractivity contribution in [3.8, 4) is 0 Å². The van der Waals surface area contributed by atoms with Gasteiger partial charge in [0.2, 0.25) is 0 Å². The van der Waals surface area contributed by atoms with Gasteiger partial charge in [0.05, 0.1) is 5.69 Å². The highest BCUT2D eigenvalue weighted by Gasteiger charge is 2.09. The minimum absolute atomic E-state index is 0.801. The van der Waals surface area contributed by atoms with E-state index in [4.69, 9.17) is 5.73 Å². The molecular formula is C14H19N3. The Bertz CT molecular complexity index is 486. The summed E-state index contributed by atoms with van der Waals surface area (Å²) < 4.78 is 1.76. The molecule has 0 saturated carbocycles. The van der Waals surface area contributed by atoms with E-state index in [2.05, 4.69) is 29.4 Å². The topological polar surface area (TPSA) is 43.8 Å². The van der Waals surface area contributed by atoms with Gasteiger partial charge in [0.1, 0.15) is 5.82 Å². The Morgan fingerprint density at radius 2 is 1.88 bits per heavy atom. The quantitative estimate of drug-likeness (QED) is 0.875. The Morgan fingerprint density at radius 1 is 1.18 bits per heavy atom. The number of aromatic nitrogens is 2. The zero-order valence-corrected chi connectivity index (χ0v) is 10.5. The summed E-state index contributed by atoms with van der Waals surface area (Å²) in [6.07, 6.45) is 3.20. The van der Waals surface area contributed by atoms with Crippen molar-refractivity contribution < 1.29 is 0 Å². The molecule has 0 saturated heterocycles. The maximum atomic E-state index is 5.98. The summed E-state index contributed by atoms with van der Waals surface area (Å²) in [4.78, 5) is 0. The molecule has 3 nitrogen and oxygen atoms in total. The molecule has 0 aliphatic carbocycles. The summed E-state index contributed by atoms with van der Waals surface area (Å²) in [6, 6.07) is 10.5. The third-order valence-electron chi connectivity index (χ3n) is 3.13. The van der Waals surface area contributed by atoms with E-state index in [0.717, 1.165) is 30.8 Å². The molecule has 0 atom stereocenters. The van der Waals surface area contributed by atoms with Crippen molar-refractivity contribution in [2.24, 2.45) is 7.05 Å². The second-order valence-corrected chi connectivity index (χ2v) is 4.41. The maximum Gasteiger partial charge on any atom is 0.124 e. The summed E-state index contributed by atoms with van der Waals surface area (Å²) in [5.41, 5.74) is 9.62. The van der Waals surface area contributed by atoms with Gasteiger partial charge in [-0.1, -0.05) is 30.3 Å². The molecule has 90 valence electrons. The Hall–Kier alpha value is -1.77. The Morgan fingerprint density at radius 3 is 2.47 bits per heavy atom. The van der Waals surface area contributed by atoms with Gasteiger partial charge in [-0.2, -0.15) is 5.10 Å². The van der Waals surface area contributed by atoms with Crippen molar-refractivity contribution in [2.75, 3.05) is 5.73 Å². The van der Waals surface area contributed by atoms with E-state index in [0.29, 0.717) is 0 Å². The standard InChI is InChI=1S/C14H19N3/c1-11-13(14(15)17(2)16-11)10-6-9-12-7-4-3-5-8-12/h3-5,7-8H,6,9-10,15H2,1-2H3. The van der Waals surface area contributed by atoms with Gasteiger partial charge in [-0.25, -0.2) is 0 Å². The number of rotatable bonds is 4. The van der Waals surface area contributed by atoms with E-state index in [1.165, 1.54) is 11.1 Å². The second-order valence-electron chi connectivity index (χ2n) is 4.41. The van der Waals surface area contributed by atoms with E-state index in [1.807, 2.05) is 20.0 Å². The molecular weight excluding hydrogens is 210 g/mol. The normalized spacial score (nSPS) is 10.7. The molecule has 2 N–H and O–H groups in total. The van der Waals surface area contributed by atoms with Crippen molar-refractivity contribution in [1.29, 1.82) is 0 Å². The Kier molecular flexibility index (Phi) is 3.47. The van der Waals surface area contributed by atoms with Crippen LogP contribution >= 0.6 is 0 Å². The highest BCUT2D eigenvalue weighted by Crippen LogP contribution is 2.18. The highest BCUT2D eigenvalue weighted by molar-refractivity contribution is 5.42. The monoisotopic (exact) mass is 229 g/mol. The Balaban J connectivity index is 1.95. The van der Waals surface area contributed by atoms with Gasteiger partial charge in [0.25, 0.3) is 0 Å². The first kappa shape index (κ1) is 11.7. The van der Waals surface area contributed by atoms with Gasteiger partial charge in [0, 0.05) is 12.6 Å². The first-order chi connectivity index (χ1) is 8.18. The third kappa shape index (κ3) is 2.67. The molecule has 0 radical (unpaired) electrons. The lowest BCUT2D eigenvalue weighted by atomic mass is 10.0. The highest BCUT2D eigenvalue weighted by atomic mass is 15.3. The first-order valence-corrected chi connectivity index (χ1v) is 6.00. The molecule has 1 aromatic carbocycles. The fourth-order valence-electron chi connectivity index (χ4n) is 2.14. The number of hydrogen-bond donors (Lipinski definition) is 1. The van der Waals surface area contributed by atoms with Crippen LogP contribution in [0.5, 0.6) is 0 Å². The molecule has 0 aliphatic heterocycles. The fraction of sp³-hybridized carbons (Fsp3) is 0.357. The van der Waals surface area contributed by atoms with Crippen LogP contribution in [-0.2, 0) is 19.9 Å². The average Bonchev–Trinajstić information content (AvgIpc) is 2.57. The van der Waals surface area contributed by atoms with E-state index < -0.39 is 0 Å². The minimum Gasteiger partial charge on any atom is -0.384 e. The molecule has 17 heavy (non-hydrogen) atoms. The van der Waals surface area contributed by atoms with Crippen LogP contribution in [0.3, 0.4) is 0 Å². The molecule has 1 heterocycles. The van der Waals surface area contributed by atoms with Gasteiger partial charge in [-0.15, -0.1) is 0 Å². The molecule has 0 spiro atoms. The summed E-state index contributed by atoms with van der Waals surface area (Å²) in [7, 11) is 1.89. The third-order valence-corrected chi connectivity index (χ3v) is 3.13. The smallest absolute Gasteiger partial charge is 0.124 e. The van der Waals surface area contributed by atoms with Crippen LogP contribution in [0.1, 0.15) is 23.2 Å². The second kappa shape index (κ2) is 5.04. The Labute approximate surface area is 102 Å². The van der Waals surface area contributed by atoms with Crippen molar-refractivity contribution in [3.05, 3.63) is 47.2 Å². The number of benzene rings is 1. The number of aryl methyl sites for hydroxylation is 3. The molecule has 0 unspecified atom stereocenters. The summed E-state index contributed by atoms with van der Waals surface area (Å²) in [5.74, 6) is 0.801. The van der Waals surface area contributed by atoms with Gasteiger partial charge in [-0.3, -0.25) is 4.68 Å². The van der Waals surface area contributed by atoms with Crippen LogP contribution in [0.25, 0.3) is 0 Å². The lowest BCUT2D eigenvalue weighted by Gasteiger charge is -2.02. The summed E-state index contributed by atoms with van der Waals surface area (Å²) in [5, 5.41) is 4.33. The van der Waals surface area contributed by atoms with Gasteiger partial charge >= 0.3 is 0 Å². The molecule has 3 heteroatoms. The fourth-order valence-corrected chi connectivity index (χ4v) is 2.14.